The van der Waals surface area contributed by atoms with Crippen molar-refractivity contribution in [3.05, 3.63) is 18.2 Å². The van der Waals surface area contributed by atoms with Crippen molar-refractivity contribution in [3.8, 4) is 11.5 Å². The zero-order chi connectivity index (χ0) is 7.68. The number of nitrogens with one attached hydrogen (secondary N) is 1. The van der Waals surface area contributed by atoms with Crippen molar-refractivity contribution in [2.24, 2.45) is 0 Å². The maximum atomic E-state index is 9.09. The summed E-state index contributed by atoms with van der Waals surface area (Å²) >= 11 is 0. The van der Waals surface area contributed by atoms with Crippen LogP contribution in [0.4, 0.5) is 5.69 Å². The summed E-state index contributed by atoms with van der Waals surface area (Å²) < 4.78 is 5.30. The average Bonchev–Trinajstić information content (AvgIpc) is 2.04. The van der Waals surface area contributed by atoms with Crippen molar-refractivity contribution in [3.63, 3.8) is 0 Å². The summed E-state index contributed by atoms with van der Waals surface area (Å²) in [7, 11) is 0. The van der Waals surface area contributed by atoms with Gasteiger partial charge in [0.1, 0.15) is 18.1 Å². The molecule has 0 atom stereocenters. The summed E-state index contributed by atoms with van der Waals surface area (Å²) in [5.74, 6) is 1.08. The highest BCUT2D eigenvalue weighted by Crippen LogP contribution is 2.30. The molecule has 3 nitrogen and oxygen atoms in total. The fourth-order valence-electron chi connectivity index (χ4n) is 1.13. The topological polar surface area (TPSA) is 41.5 Å². The van der Waals surface area contributed by atoms with Gasteiger partial charge < -0.3 is 15.2 Å². The Labute approximate surface area is 76.8 Å². The highest BCUT2D eigenvalue weighted by atomic mass is 35.5. The van der Waals surface area contributed by atoms with E-state index in [1.54, 1.807) is 18.2 Å². The van der Waals surface area contributed by atoms with Crippen LogP contribution < -0.4 is 10.1 Å². The minimum absolute atomic E-state index is 0. The quantitative estimate of drug-likeness (QED) is 0.649. The molecule has 12 heavy (non-hydrogen) atoms. The van der Waals surface area contributed by atoms with Crippen LogP contribution in [0.5, 0.6) is 11.5 Å². The second kappa shape index (κ2) is 3.54. The Bertz CT molecular complexity index is 278. The molecule has 0 aliphatic carbocycles. The molecule has 1 heterocycles. The van der Waals surface area contributed by atoms with Gasteiger partial charge in [-0.2, -0.15) is 0 Å². The standard InChI is InChI=1S/C8H9NO2.ClH/c10-6-1-2-8-7(5-6)9-3-4-11-8;/h1-2,5,9-10H,3-4H2;1H. The summed E-state index contributed by atoms with van der Waals surface area (Å²) in [6.07, 6.45) is 0. The van der Waals surface area contributed by atoms with E-state index in [1.807, 2.05) is 0 Å². The molecule has 0 saturated heterocycles. The average molecular weight is 188 g/mol. The maximum absolute atomic E-state index is 9.09. The normalized spacial score (nSPS) is 13.3. The van der Waals surface area contributed by atoms with E-state index in [9.17, 15) is 0 Å². The molecule has 1 aliphatic rings. The number of anilines is 1. The zero-order valence-corrected chi connectivity index (χ0v) is 7.23. The molecule has 0 radical (unpaired) electrons. The van der Waals surface area contributed by atoms with E-state index in [1.165, 1.54) is 0 Å². The van der Waals surface area contributed by atoms with E-state index in [0.717, 1.165) is 18.0 Å². The molecule has 0 unspecified atom stereocenters. The zero-order valence-electron chi connectivity index (χ0n) is 6.41. The lowest BCUT2D eigenvalue weighted by molar-refractivity contribution is 0.322. The van der Waals surface area contributed by atoms with Gasteiger partial charge in [-0.3, -0.25) is 0 Å². The van der Waals surface area contributed by atoms with Gasteiger partial charge in [0.25, 0.3) is 0 Å². The third-order valence-electron chi connectivity index (χ3n) is 1.64. The number of phenols is 1. The van der Waals surface area contributed by atoms with Crippen LogP contribution in [-0.4, -0.2) is 18.3 Å². The lowest BCUT2D eigenvalue weighted by atomic mass is 10.2. The molecule has 2 rings (SSSR count). The van der Waals surface area contributed by atoms with Gasteiger partial charge >= 0.3 is 0 Å². The van der Waals surface area contributed by atoms with E-state index >= 15 is 0 Å². The minimum atomic E-state index is 0. The molecule has 0 fully saturated rings. The molecule has 4 heteroatoms. The summed E-state index contributed by atoms with van der Waals surface area (Å²) in [6, 6.07) is 5.04. The van der Waals surface area contributed by atoms with Crippen molar-refractivity contribution in [2.75, 3.05) is 18.5 Å². The van der Waals surface area contributed by atoms with Gasteiger partial charge in [-0.1, -0.05) is 0 Å². The smallest absolute Gasteiger partial charge is 0.142 e. The molecule has 1 aliphatic heterocycles. The van der Waals surface area contributed by atoms with Gasteiger partial charge in [-0.25, -0.2) is 0 Å². The summed E-state index contributed by atoms with van der Waals surface area (Å²) in [6.45, 7) is 1.49. The number of hydrogen-bond acceptors (Lipinski definition) is 3. The van der Waals surface area contributed by atoms with Crippen molar-refractivity contribution in [2.45, 2.75) is 0 Å². The van der Waals surface area contributed by atoms with Gasteiger partial charge in [0.15, 0.2) is 0 Å². The second-order valence-corrected chi connectivity index (χ2v) is 2.46. The fraction of sp³-hybridized carbons (Fsp3) is 0.250. The Kier molecular flexibility index (Phi) is 2.65. The van der Waals surface area contributed by atoms with Crippen molar-refractivity contribution < 1.29 is 9.84 Å². The highest BCUT2D eigenvalue weighted by Gasteiger charge is 2.08. The Morgan fingerprint density at radius 1 is 1.42 bits per heavy atom. The van der Waals surface area contributed by atoms with E-state index < -0.39 is 0 Å². The lowest BCUT2D eigenvalue weighted by Gasteiger charge is -2.18. The van der Waals surface area contributed by atoms with Gasteiger partial charge in [0.2, 0.25) is 0 Å². The number of fused-ring (bicyclic) bond motifs is 1. The number of rotatable bonds is 0. The molecule has 2 N–H and O–H groups in total. The molecule has 66 valence electrons. The molecular formula is C8H10ClNO2. The third kappa shape index (κ3) is 1.56. The Hall–Kier alpha value is -1.09. The lowest BCUT2D eigenvalue weighted by Crippen LogP contribution is -2.17. The van der Waals surface area contributed by atoms with E-state index in [0.29, 0.717) is 6.61 Å². The van der Waals surface area contributed by atoms with Crippen LogP contribution in [0.1, 0.15) is 0 Å². The molecular weight excluding hydrogens is 178 g/mol. The predicted molar refractivity (Wildman–Crippen MR) is 49.3 cm³/mol. The van der Waals surface area contributed by atoms with Crippen LogP contribution in [-0.2, 0) is 0 Å². The molecule has 0 amide bonds. The highest BCUT2D eigenvalue weighted by molar-refractivity contribution is 5.85. The first-order valence-electron chi connectivity index (χ1n) is 3.56. The van der Waals surface area contributed by atoms with E-state index in [2.05, 4.69) is 5.32 Å². The Morgan fingerprint density at radius 3 is 3.08 bits per heavy atom. The number of aromatic hydroxyl groups is 1. The SMILES string of the molecule is Cl.Oc1ccc2c(c1)NCCO2. The van der Waals surface area contributed by atoms with Crippen molar-refractivity contribution in [1.82, 2.24) is 0 Å². The molecule has 0 saturated carbocycles. The largest absolute Gasteiger partial charge is 0.508 e. The van der Waals surface area contributed by atoms with Gasteiger partial charge in [0, 0.05) is 12.6 Å². The number of benzene rings is 1. The van der Waals surface area contributed by atoms with Gasteiger partial charge in [-0.15, -0.1) is 12.4 Å². The minimum Gasteiger partial charge on any atom is -0.508 e. The van der Waals surface area contributed by atoms with Crippen LogP contribution in [0, 0.1) is 0 Å². The Balaban J connectivity index is 0.000000720. The van der Waals surface area contributed by atoms with Crippen molar-refractivity contribution >= 4 is 18.1 Å². The monoisotopic (exact) mass is 187 g/mol. The van der Waals surface area contributed by atoms with Crippen LogP contribution >= 0.6 is 12.4 Å². The number of halogens is 1. The molecule has 1 aromatic carbocycles. The van der Waals surface area contributed by atoms with Crippen molar-refractivity contribution in [1.29, 1.82) is 0 Å². The first-order chi connectivity index (χ1) is 5.36. The predicted octanol–water partition coefficient (Wildman–Crippen LogP) is 1.62. The summed E-state index contributed by atoms with van der Waals surface area (Å²) in [5.41, 5.74) is 0.872. The van der Waals surface area contributed by atoms with E-state index in [4.69, 9.17) is 9.84 Å². The number of phenolic OH excluding ortho intramolecular Hbond substituents is 1. The maximum Gasteiger partial charge on any atom is 0.142 e. The van der Waals surface area contributed by atoms with Crippen LogP contribution in [0.3, 0.4) is 0 Å². The third-order valence-corrected chi connectivity index (χ3v) is 1.64. The van der Waals surface area contributed by atoms with E-state index in [-0.39, 0.29) is 18.2 Å². The van der Waals surface area contributed by atoms with Crippen LogP contribution in [0.15, 0.2) is 18.2 Å². The molecule has 1 aromatic rings. The second-order valence-electron chi connectivity index (χ2n) is 2.46. The Morgan fingerprint density at radius 2 is 2.25 bits per heavy atom. The number of ether oxygens (including phenoxy) is 1. The summed E-state index contributed by atoms with van der Waals surface area (Å²) in [5, 5.41) is 12.2. The molecule has 0 spiro atoms. The first-order valence-corrected chi connectivity index (χ1v) is 3.56. The first kappa shape index (κ1) is 9.00. The summed E-state index contributed by atoms with van der Waals surface area (Å²) in [4.78, 5) is 0. The molecule has 0 bridgehead atoms. The van der Waals surface area contributed by atoms with Gasteiger partial charge in [-0.05, 0) is 12.1 Å². The van der Waals surface area contributed by atoms with Crippen LogP contribution in [0.2, 0.25) is 0 Å². The number of hydrogen-bond donors (Lipinski definition) is 2. The van der Waals surface area contributed by atoms with Gasteiger partial charge in [0.05, 0.1) is 5.69 Å². The molecule has 0 aromatic heterocycles. The van der Waals surface area contributed by atoms with Crippen LogP contribution in [0.25, 0.3) is 0 Å². The fourth-order valence-corrected chi connectivity index (χ4v) is 1.13.